The van der Waals surface area contributed by atoms with Crippen molar-refractivity contribution in [2.24, 2.45) is 5.73 Å². The number of thiophene rings is 1. The van der Waals surface area contributed by atoms with Crippen LogP contribution in [0.4, 0.5) is 5.69 Å². The Labute approximate surface area is 125 Å². The van der Waals surface area contributed by atoms with Crippen molar-refractivity contribution in [1.82, 2.24) is 0 Å². The fourth-order valence-electron chi connectivity index (χ4n) is 1.77. The molecule has 94 valence electrons. The summed E-state index contributed by atoms with van der Waals surface area (Å²) in [5.41, 5.74) is 7.74. The van der Waals surface area contributed by atoms with Crippen LogP contribution in [0.2, 0.25) is 0 Å². The fraction of sp³-hybridized carbons (Fsp3) is 0.154. The predicted molar refractivity (Wildman–Crippen MR) is 86.5 cm³/mol. The van der Waals surface area contributed by atoms with Crippen LogP contribution in [0.25, 0.3) is 0 Å². The Bertz CT molecular complexity index is 566. The number of rotatable bonds is 4. The molecule has 0 amide bonds. The highest BCUT2D eigenvalue weighted by atomic mass is 79.9. The third-order valence-corrected chi connectivity index (χ3v) is 4.50. The highest BCUT2D eigenvalue weighted by molar-refractivity contribution is 9.10. The average molecular weight is 341 g/mol. The van der Waals surface area contributed by atoms with E-state index in [9.17, 15) is 0 Å². The van der Waals surface area contributed by atoms with Gasteiger partial charge in [-0.05, 0) is 34.1 Å². The van der Waals surface area contributed by atoms with E-state index in [1.165, 1.54) is 4.88 Å². The summed E-state index contributed by atoms with van der Waals surface area (Å²) in [6.45, 7) is 0.843. The molecule has 0 unspecified atom stereocenters. The molecule has 2 aromatic rings. The molecule has 0 saturated heterocycles. The number of anilines is 1. The predicted octanol–water partition coefficient (Wildman–Crippen LogP) is 3.78. The summed E-state index contributed by atoms with van der Waals surface area (Å²) >= 11 is 10.3. The maximum Gasteiger partial charge on any atom is 0.106 e. The molecule has 0 aliphatic heterocycles. The second-order valence-corrected chi connectivity index (χ2v) is 6.32. The molecule has 0 fully saturated rings. The first-order chi connectivity index (χ1) is 8.58. The largest absolute Gasteiger partial charge is 0.389 e. The van der Waals surface area contributed by atoms with E-state index < -0.39 is 0 Å². The lowest BCUT2D eigenvalue weighted by Crippen LogP contribution is -2.20. The molecule has 0 atom stereocenters. The van der Waals surface area contributed by atoms with Crippen LogP contribution in [0, 0.1) is 0 Å². The minimum Gasteiger partial charge on any atom is -0.389 e. The van der Waals surface area contributed by atoms with Gasteiger partial charge >= 0.3 is 0 Å². The van der Waals surface area contributed by atoms with E-state index in [1.807, 2.05) is 31.3 Å². The molecule has 2 rings (SSSR count). The van der Waals surface area contributed by atoms with Gasteiger partial charge in [0.05, 0.1) is 6.54 Å². The smallest absolute Gasteiger partial charge is 0.106 e. The minimum atomic E-state index is 0.435. The molecule has 0 spiro atoms. The van der Waals surface area contributed by atoms with Crippen molar-refractivity contribution in [3.05, 3.63) is 50.6 Å². The number of nitrogens with zero attached hydrogens (tertiary/aromatic N) is 1. The fourth-order valence-corrected chi connectivity index (χ4v) is 3.45. The van der Waals surface area contributed by atoms with Crippen LogP contribution in [-0.2, 0) is 6.54 Å². The van der Waals surface area contributed by atoms with Crippen molar-refractivity contribution in [3.8, 4) is 0 Å². The van der Waals surface area contributed by atoms with Gasteiger partial charge in [-0.3, -0.25) is 0 Å². The Balaban J connectivity index is 2.23. The van der Waals surface area contributed by atoms with E-state index in [0.717, 1.165) is 22.3 Å². The SMILES string of the molecule is CN(Cc1cc(Br)cs1)c1ccccc1C(N)=S. The molecule has 5 heteroatoms. The quantitative estimate of drug-likeness (QED) is 0.858. The zero-order valence-electron chi connectivity index (χ0n) is 9.89. The molecule has 0 radical (unpaired) electrons. The first kappa shape index (κ1) is 13.5. The van der Waals surface area contributed by atoms with Crippen molar-refractivity contribution >= 4 is 50.2 Å². The maximum absolute atomic E-state index is 5.75. The summed E-state index contributed by atoms with van der Waals surface area (Å²) in [7, 11) is 2.05. The van der Waals surface area contributed by atoms with E-state index in [2.05, 4.69) is 32.3 Å². The Morgan fingerprint density at radius 2 is 2.17 bits per heavy atom. The highest BCUT2D eigenvalue weighted by Crippen LogP contribution is 2.25. The number of nitrogens with two attached hydrogens (primary N) is 1. The molecule has 2 N–H and O–H groups in total. The van der Waals surface area contributed by atoms with Crippen LogP contribution in [0.3, 0.4) is 0 Å². The lowest BCUT2D eigenvalue weighted by atomic mass is 10.1. The lowest BCUT2D eigenvalue weighted by molar-refractivity contribution is 0.938. The normalized spacial score (nSPS) is 10.3. The number of para-hydroxylation sites is 1. The molecule has 0 bridgehead atoms. The number of halogens is 1. The highest BCUT2D eigenvalue weighted by Gasteiger charge is 2.10. The maximum atomic E-state index is 5.75. The van der Waals surface area contributed by atoms with Gasteiger partial charge in [-0.15, -0.1) is 11.3 Å². The Morgan fingerprint density at radius 1 is 1.44 bits per heavy atom. The summed E-state index contributed by atoms with van der Waals surface area (Å²) in [5.74, 6) is 0. The topological polar surface area (TPSA) is 29.3 Å². The molecule has 0 aliphatic rings. The molecular formula is C13H13BrN2S2. The van der Waals surface area contributed by atoms with Crippen molar-refractivity contribution < 1.29 is 0 Å². The Hall–Kier alpha value is -0.910. The van der Waals surface area contributed by atoms with Gasteiger partial charge in [0.1, 0.15) is 4.99 Å². The minimum absolute atomic E-state index is 0.435. The van der Waals surface area contributed by atoms with Crippen LogP contribution in [0.15, 0.2) is 40.2 Å². The van der Waals surface area contributed by atoms with Gasteiger partial charge in [-0.25, -0.2) is 0 Å². The molecule has 1 heterocycles. The van der Waals surface area contributed by atoms with Crippen molar-refractivity contribution in [2.75, 3.05) is 11.9 Å². The van der Waals surface area contributed by atoms with Crippen LogP contribution in [0.5, 0.6) is 0 Å². The van der Waals surface area contributed by atoms with E-state index >= 15 is 0 Å². The van der Waals surface area contributed by atoms with E-state index in [1.54, 1.807) is 11.3 Å². The van der Waals surface area contributed by atoms with Crippen molar-refractivity contribution in [3.63, 3.8) is 0 Å². The molecule has 1 aromatic heterocycles. The zero-order chi connectivity index (χ0) is 13.1. The molecule has 18 heavy (non-hydrogen) atoms. The lowest BCUT2D eigenvalue weighted by Gasteiger charge is -2.21. The van der Waals surface area contributed by atoms with Gasteiger partial charge < -0.3 is 10.6 Å². The van der Waals surface area contributed by atoms with Gasteiger partial charge in [0, 0.05) is 33.0 Å². The third kappa shape index (κ3) is 3.10. The second-order valence-electron chi connectivity index (χ2n) is 3.97. The van der Waals surface area contributed by atoms with Gasteiger partial charge in [-0.1, -0.05) is 24.4 Å². The number of hydrogen-bond acceptors (Lipinski definition) is 3. The average Bonchev–Trinajstić information content (AvgIpc) is 2.74. The van der Waals surface area contributed by atoms with Gasteiger partial charge in [0.25, 0.3) is 0 Å². The number of hydrogen-bond donors (Lipinski definition) is 1. The van der Waals surface area contributed by atoms with E-state index in [0.29, 0.717) is 4.99 Å². The Morgan fingerprint density at radius 3 is 2.78 bits per heavy atom. The van der Waals surface area contributed by atoms with Crippen LogP contribution < -0.4 is 10.6 Å². The molecular weight excluding hydrogens is 328 g/mol. The first-order valence-electron chi connectivity index (χ1n) is 5.41. The van der Waals surface area contributed by atoms with Crippen molar-refractivity contribution in [1.29, 1.82) is 0 Å². The van der Waals surface area contributed by atoms with Gasteiger partial charge in [-0.2, -0.15) is 0 Å². The van der Waals surface area contributed by atoms with Gasteiger partial charge in [0.2, 0.25) is 0 Å². The van der Waals surface area contributed by atoms with E-state index in [-0.39, 0.29) is 0 Å². The van der Waals surface area contributed by atoms with Crippen molar-refractivity contribution in [2.45, 2.75) is 6.54 Å². The number of benzene rings is 1. The molecule has 0 aliphatic carbocycles. The molecule has 1 aromatic carbocycles. The van der Waals surface area contributed by atoms with Gasteiger partial charge in [0.15, 0.2) is 0 Å². The summed E-state index contributed by atoms with van der Waals surface area (Å²) < 4.78 is 1.12. The monoisotopic (exact) mass is 340 g/mol. The van der Waals surface area contributed by atoms with E-state index in [4.69, 9.17) is 18.0 Å². The van der Waals surface area contributed by atoms with Crippen LogP contribution in [-0.4, -0.2) is 12.0 Å². The summed E-state index contributed by atoms with van der Waals surface area (Å²) in [6.07, 6.45) is 0. The number of thiocarbonyl (C=S) groups is 1. The van der Waals surface area contributed by atoms with Crippen LogP contribution >= 0.6 is 39.5 Å². The summed E-state index contributed by atoms with van der Waals surface area (Å²) in [5, 5.41) is 2.09. The second kappa shape index (κ2) is 5.82. The Kier molecular flexibility index (Phi) is 4.37. The molecule has 2 nitrogen and oxygen atoms in total. The summed E-state index contributed by atoms with van der Waals surface area (Å²) in [6, 6.07) is 10.1. The third-order valence-electron chi connectivity index (χ3n) is 2.60. The first-order valence-corrected chi connectivity index (χ1v) is 7.49. The summed E-state index contributed by atoms with van der Waals surface area (Å²) in [4.78, 5) is 3.89. The molecule has 0 saturated carbocycles. The zero-order valence-corrected chi connectivity index (χ0v) is 13.1. The van der Waals surface area contributed by atoms with Crippen LogP contribution in [0.1, 0.15) is 10.4 Å². The standard InChI is InChI=1S/C13H13BrN2S2/c1-16(7-10-6-9(14)8-18-10)12-5-3-2-4-11(12)13(15)17/h2-6,8H,7H2,1H3,(H2,15,17).